The SMILES string of the molecule is O=C(Nc1cccc(O)n1)Nc1csc(-c2ccncc2)n1. The average Bonchev–Trinajstić information content (AvgIpc) is 2.96. The molecule has 0 aliphatic rings. The van der Waals surface area contributed by atoms with Crippen LogP contribution in [0.25, 0.3) is 10.6 Å². The zero-order valence-electron chi connectivity index (χ0n) is 11.2. The van der Waals surface area contributed by atoms with Crippen LogP contribution in [0.15, 0.2) is 48.1 Å². The molecule has 0 spiro atoms. The van der Waals surface area contributed by atoms with E-state index in [1.165, 1.54) is 17.4 Å². The van der Waals surface area contributed by atoms with E-state index in [0.717, 1.165) is 10.6 Å². The first-order valence-corrected chi connectivity index (χ1v) is 7.18. The zero-order valence-corrected chi connectivity index (χ0v) is 12.0. The Labute approximate surface area is 129 Å². The van der Waals surface area contributed by atoms with E-state index < -0.39 is 6.03 Å². The summed E-state index contributed by atoms with van der Waals surface area (Å²) < 4.78 is 0. The molecule has 2 amide bonds. The molecule has 3 aromatic heterocycles. The van der Waals surface area contributed by atoms with Crippen LogP contribution in [-0.4, -0.2) is 26.1 Å². The minimum atomic E-state index is -0.482. The van der Waals surface area contributed by atoms with Gasteiger partial charge in [0.05, 0.1) is 0 Å². The predicted octanol–water partition coefficient (Wildman–Crippen LogP) is 2.95. The molecule has 0 atom stereocenters. The molecule has 0 bridgehead atoms. The number of pyridine rings is 2. The van der Waals surface area contributed by atoms with Crippen LogP contribution in [-0.2, 0) is 0 Å². The van der Waals surface area contributed by atoms with Crippen LogP contribution in [0.5, 0.6) is 5.88 Å². The van der Waals surface area contributed by atoms with E-state index in [2.05, 4.69) is 25.6 Å². The summed E-state index contributed by atoms with van der Waals surface area (Å²) in [5.74, 6) is 0.531. The maximum atomic E-state index is 11.8. The lowest BCUT2D eigenvalue weighted by atomic mass is 10.3. The lowest BCUT2D eigenvalue weighted by molar-refractivity contribution is 0.262. The number of amides is 2. The van der Waals surface area contributed by atoms with Crippen LogP contribution in [0.4, 0.5) is 16.4 Å². The number of nitrogens with one attached hydrogen (secondary N) is 2. The van der Waals surface area contributed by atoms with Crippen molar-refractivity contribution < 1.29 is 9.90 Å². The van der Waals surface area contributed by atoms with Gasteiger partial charge in [0.25, 0.3) is 0 Å². The number of aromatic hydroxyl groups is 1. The van der Waals surface area contributed by atoms with E-state index in [-0.39, 0.29) is 11.7 Å². The van der Waals surface area contributed by atoms with Gasteiger partial charge in [0.1, 0.15) is 16.6 Å². The number of hydrogen-bond acceptors (Lipinski definition) is 6. The number of hydrogen-bond donors (Lipinski definition) is 3. The topological polar surface area (TPSA) is 100 Å². The van der Waals surface area contributed by atoms with Crippen LogP contribution in [0.1, 0.15) is 0 Å². The van der Waals surface area contributed by atoms with Crippen molar-refractivity contribution >= 4 is 29.0 Å². The highest BCUT2D eigenvalue weighted by atomic mass is 32.1. The quantitative estimate of drug-likeness (QED) is 0.690. The van der Waals surface area contributed by atoms with Gasteiger partial charge in [-0.2, -0.15) is 4.98 Å². The fraction of sp³-hybridized carbons (Fsp3) is 0. The fourth-order valence-corrected chi connectivity index (χ4v) is 2.47. The summed E-state index contributed by atoms with van der Waals surface area (Å²) in [7, 11) is 0. The lowest BCUT2D eigenvalue weighted by Gasteiger charge is -2.04. The molecule has 22 heavy (non-hydrogen) atoms. The van der Waals surface area contributed by atoms with Crippen molar-refractivity contribution in [3.8, 4) is 16.5 Å². The molecule has 0 unspecified atom stereocenters. The maximum Gasteiger partial charge on any atom is 0.326 e. The van der Waals surface area contributed by atoms with Gasteiger partial charge >= 0.3 is 6.03 Å². The standard InChI is InChI=1S/C14H11N5O2S/c20-12-3-1-2-10(16-12)18-14(21)19-11-8-22-13(17-11)9-4-6-15-7-5-9/h1-8H,(H3,16,18,19,20,21). The monoisotopic (exact) mass is 313 g/mol. The summed E-state index contributed by atoms with van der Waals surface area (Å²) in [5.41, 5.74) is 0.933. The normalized spacial score (nSPS) is 10.2. The van der Waals surface area contributed by atoms with E-state index in [1.807, 2.05) is 12.1 Å². The second-order valence-electron chi connectivity index (χ2n) is 4.23. The number of thiazole rings is 1. The molecule has 3 heterocycles. The molecule has 0 saturated heterocycles. The Kier molecular flexibility index (Phi) is 3.92. The number of urea groups is 1. The van der Waals surface area contributed by atoms with Gasteiger partial charge in [-0.05, 0) is 18.2 Å². The molecule has 0 radical (unpaired) electrons. The van der Waals surface area contributed by atoms with Gasteiger partial charge < -0.3 is 5.11 Å². The molecule has 0 aromatic carbocycles. The zero-order chi connectivity index (χ0) is 15.4. The number of aromatic nitrogens is 3. The fourth-order valence-electron chi connectivity index (χ4n) is 1.72. The molecule has 0 fully saturated rings. The lowest BCUT2D eigenvalue weighted by Crippen LogP contribution is -2.20. The second-order valence-corrected chi connectivity index (χ2v) is 5.09. The number of rotatable bonds is 3. The van der Waals surface area contributed by atoms with Crippen LogP contribution in [0.2, 0.25) is 0 Å². The van der Waals surface area contributed by atoms with E-state index in [0.29, 0.717) is 5.82 Å². The number of nitrogens with zero attached hydrogens (tertiary/aromatic N) is 3. The van der Waals surface area contributed by atoms with E-state index in [1.54, 1.807) is 29.9 Å². The number of carbonyl (C=O) groups is 1. The van der Waals surface area contributed by atoms with Crippen LogP contribution >= 0.6 is 11.3 Å². The molecule has 8 heteroatoms. The molecule has 0 aliphatic carbocycles. The Morgan fingerprint density at radius 2 is 1.82 bits per heavy atom. The Morgan fingerprint density at radius 1 is 1.05 bits per heavy atom. The Bertz CT molecular complexity index is 791. The Balaban J connectivity index is 1.66. The highest BCUT2D eigenvalue weighted by Gasteiger charge is 2.08. The summed E-state index contributed by atoms with van der Waals surface area (Å²) in [6.45, 7) is 0. The molecule has 7 nitrogen and oxygen atoms in total. The van der Waals surface area contributed by atoms with Crippen molar-refractivity contribution in [2.75, 3.05) is 10.6 Å². The molecule has 0 saturated carbocycles. The summed E-state index contributed by atoms with van der Waals surface area (Å²) in [6.07, 6.45) is 3.37. The molecule has 3 aromatic rings. The highest BCUT2D eigenvalue weighted by molar-refractivity contribution is 7.13. The van der Waals surface area contributed by atoms with Crippen molar-refractivity contribution in [1.29, 1.82) is 0 Å². The van der Waals surface area contributed by atoms with E-state index >= 15 is 0 Å². The Hall–Kier alpha value is -3.00. The third-order valence-corrected chi connectivity index (χ3v) is 3.54. The van der Waals surface area contributed by atoms with Crippen LogP contribution in [0, 0.1) is 0 Å². The van der Waals surface area contributed by atoms with Gasteiger partial charge in [-0.25, -0.2) is 9.78 Å². The van der Waals surface area contributed by atoms with Gasteiger partial charge in [0, 0.05) is 29.4 Å². The molecular formula is C14H11N5O2S. The summed E-state index contributed by atoms with van der Waals surface area (Å²) in [6, 6.07) is 7.79. The first-order chi connectivity index (χ1) is 10.7. The molecule has 3 N–H and O–H groups in total. The van der Waals surface area contributed by atoms with Gasteiger partial charge in [-0.15, -0.1) is 11.3 Å². The molecule has 110 valence electrons. The van der Waals surface area contributed by atoms with E-state index in [4.69, 9.17) is 0 Å². The highest BCUT2D eigenvalue weighted by Crippen LogP contribution is 2.25. The van der Waals surface area contributed by atoms with Crippen molar-refractivity contribution in [3.63, 3.8) is 0 Å². The third kappa shape index (κ3) is 3.36. The van der Waals surface area contributed by atoms with Crippen LogP contribution < -0.4 is 10.6 Å². The van der Waals surface area contributed by atoms with Gasteiger partial charge in [-0.1, -0.05) is 6.07 Å². The largest absolute Gasteiger partial charge is 0.493 e. The van der Waals surface area contributed by atoms with E-state index in [9.17, 15) is 9.90 Å². The molecule has 3 rings (SSSR count). The smallest absolute Gasteiger partial charge is 0.326 e. The predicted molar refractivity (Wildman–Crippen MR) is 83.9 cm³/mol. The van der Waals surface area contributed by atoms with Crippen molar-refractivity contribution in [1.82, 2.24) is 15.0 Å². The van der Waals surface area contributed by atoms with Gasteiger partial charge in [-0.3, -0.25) is 15.6 Å². The Morgan fingerprint density at radius 3 is 2.59 bits per heavy atom. The van der Waals surface area contributed by atoms with Crippen molar-refractivity contribution in [3.05, 3.63) is 48.1 Å². The van der Waals surface area contributed by atoms with Crippen molar-refractivity contribution in [2.45, 2.75) is 0 Å². The maximum absolute atomic E-state index is 11.8. The summed E-state index contributed by atoms with van der Waals surface area (Å²) >= 11 is 1.42. The molecule has 0 aliphatic heterocycles. The number of anilines is 2. The minimum absolute atomic E-state index is 0.161. The summed E-state index contributed by atoms with van der Waals surface area (Å²) in [5, 5.41) is 16.9. The average molecular weight is 313 g/mol. The van der Waals surface area contributed by atoms with Gasteiger partial charge in [0.2, 0.25) is 5.88 Å². The second kappa shape index (κ2) is 6.19. The third-order valence-electron chi connectivity index (χ3n) is 2.65. The van der Waals surface area contributed by atoms with Crippen LogP contribution in [0.3, 0.4) is 0 Å². The first-order valence-electron chi connectivity index (χ1n) is 6.31. The molecular weight excluding hydrogens is 302 g/mol. The first kappa shape index (κ1) is 14.0. The van der Waals surface area contributed by atoms with Crippen molar-refractivity contribution in [2.24, 2.45) is 0 Å². The van der Waals surface area contributed by atoms with Gasteiger partial charge in [0.15, 0.2) is 0 Å². The summed E-state index contributed by atoms with van der Waals surface area (Å²) in [4.78, 5) is 23.9. The number of carbonyl (C=O) groups excluding carboxylic acids is 1. The minimum Gasteiger partial charge on any atom is -0.493 e.